The molecule has 1 aromatic carbocycles. The van der Waals surface area contributed by atoms with Crippen LogP contribution in [0.1, 0.15) is 0 Å². The van der Waals surface area contributed by atoms with E-state index < -0.39 is 0 Å². The van der Waals surface area contributed by atoms with Gasteiger partial charge in [-0.25, -0.2) is 9.97 Å². The number of benzene rings is 1. The molecular weight excluding hydrogens is 338 g/mol. The number of nitrogens with zero attached hydrogens (tertiary/aromatic N) is 2. The van der Waals surface area contributed by atoms with Crippen molar-refractivity contribution in [3.05, 3.63) is 39.2 Å². The van der Waals surface area contributed by atoms with Crippen molar-refractivity contribution in [2.24, 2.45) is 0 Å². The number of hydrogen-bond donors (Lipinski definition) is 2. The van der Waals surface area contributed by atoms with Crippen LogP contribution in [-0.2, 0) is 0 Å². The Kier molecular flexibility index (Phi) is 3.45. The molecule has 0 amide bonds. The second-order valence-electron chi connectivity index (χ2n) is 3.09. The Morgan fingerprint density at radius 1 is 1.25 bits per heavy atom. The van der Waals surface area contributed by atoms with Gasteiger partial charge in [-0.05, 0) is 40.8 Å². The average molecular weight is 347 g/mol. The van der Waals surface area contributed by atoms with E-state index in [1.807, 2.05) is 0 Å². The molecule has 0 aliphatic heterocycles. The highest BCUT2D eigenvalue weighted by Crippen LogP contribution is 2.26. The number of anilines is 3. The first-order valence-corrected chi connectivity index (χ1v) is 5.90. The first kappa shape index (κ1) is 11.4. The molecule has 0 saturated heterocycles. The Morgan fingerprint density at radius 3 is 2.62 bits per heavy atom. The molecule has 2 aromatic rings. The van der Waals surface area contributed by atoms with Crippen LogP contribution in [0.25, 0.3) is 0 Å². The maximum Gasteiger partial charge on any atom is 0.227 e. The number of nitrogens with one attached hydrogen (secondary N) is 1. The number of nitrogens with two attached hydrogens (primary N) is 1. The van der Waals surface area contributed by atoms with E-state index in [-0.39, 0.29) is 0 Å². The Bertz CT molecular complexity index is 501. The standard InChI is InChI=1S/C10H8ClIN4/c11-8-2-1-7(13)3-9(8)16-10-14-4-6(12)5-15-10/h1-5H,13H2,(H,14,15,16). The molecule has 0 unspecified atom stereocenters. The van der Waals surface area contributed by atoms with Gasteiger partial charge in [0, 0.05) is 21.7 Å². The van der Waals surface area contributed by atoms with Crippen LogP contribution in [0.4, 0.5) is 17.3 Å². The number of nitrogen functional groups attached to an aromatic ring is 1. The van der Waals surface area contributed by atoms with Crippen molar-refractivity contribution in [1.82, 2.24) is 9.97 Å². The van der Waals surface area contributed by atoms with Crippen LogP contribution < -0.4 is 11.1 Å². The first-order valence-electron chi connectivity index (χ1n) is 4.45. The zero-order valence-electron chi connectivity index (χ0n) is 8.11. The minimum absolute atomic E-state index is 0.493. The summed E-state index contributed by atoms with van der Waals surface area (Å²) in [4.78, 5) is 8.23. The number of halogens is 2. The van der Waals surface area contributed by atoms with E-state index in [1.54, 1.807) is 30.6 Å². The SMILES string of the molecule is Nc1ccc(Cl)c(Nc2ncc(I)cn2)c1. The summed E-state index contributed by atoms with van der Waals surface area (Å²) in [5.41, 5.74) is 7.00. The molecule has 0 aliphatic carbocycles. The summed E-state index contributed by atoms with van der Waals surface area (Å²) < 4.78 is 0.974. The number of rotatable bonds is 2. The molecular formula is C10H8ClIN4. The fourth-order valence-corrected chi connectivity index (χ4v) is 1.58. The predicted octanol–water partition coefficient (Wildman–Crippen LogP) is 3.06. The highest BCUT2D eigenvalue weighted by atomic mass is 127. The van der Waals surface area contributed by atoms with E-state index in [1.165, 1.54) is 0 Å². The molecule has 6 heteroatoms. The summed E-state index contributed by atoms with van der Waals surface area (Å²) >= 11 is 8.14. The van der Waals surface area contributed by atoms with Crippen LogP contribution in [0.2, 0.25) is 5.02 Å². The van der Waals surface area contributed by atoms with Crippen molar-refractivity contribution in [3.8, 4) is 0 Å². The Balaban J connectivity index is 2.26. The lowest BCUT2D eigenvalue weighted by atomic mass is 10.3. The molecule has 0 saturated carbocycles. The van der Waals surface area contributed by atoms with Gasteiger partial charge >= 0.3 is 0 Å². The predicted molar refractivity (Wildman–Crippen MR) is 73.9 cm³/mol. The minimum atomic E-state index is 0.493. The van der Waals surface area contributed by atoms with Gasteiger partial charge in [0.1, 0.15) is 0 Å². The maximum absolute atomic E-state index is 6.00. The van der Waals surface area contributed by atoms with Gasteiger partial charge in [-0.3, -0.25) is 0 Å². The Morgan fingerprint density at radius 2 is 1.94 bits per heavy atom. The fourth-order valence-electron chi connectivity index (χ4n) is 1.14. The van der Waals surface area contributed by atoms with Gasteiger partial charge in [0.05, 0.1) is 10.7 Å². The molecule has 1 heterocycles. The monoisotopic (exact) mass is 346 g/mol. The van der Waals surface area contributed by atoms with Crippen LogP contribution in [0, 0.1) is 3.57 Å². The fraction of sp³-hybridized carbons (Fsp3) is 0. The lowest BCUT2D eigenvalue weighted by molar-refractivity contribution is 1.15. The largest absolute Gasteiger partial charge is 0.399 e. The van der Waals surface area contributed by atoms with Gasteiger partial charge in [-0.1, -0.05) is 11.6 Å². The lowest BCUT2D eigenvalue weighted by Gasteiger charge is -2.07. The van der Waals surface area contributed by atoms with Crippen LogP contribution in [0.5, 0.6) is 0 Å². The molecule has 0 radical (unpaired) electrons. The lowest BCUT2D eigenvalue weighted by Crippen LogP contribution is -1.98. The molecule has 1 aromatic heterocycles. The van der Waals surface area contributed by atoms with Gasteiger partial charge in [-0.15, -0.1) is 0 Å². The van der Waals surface area contributed by atoms with E-state index in [9.17, 15) is 0 Å². The maximum atomic E-state index is 6.00. The highest BCUT2D eigenvalue weighted by molar-refractivity contribution is 14.1. The van der Waals surface area contributed by atoms with Crippen molar-refractivity contribution in [2.75, 3.05) is 11.1 Å². The van der Waals surface area contributed by atoms with Crippen LogP contribution >= 0.6 is 34.2 Å². The molecule has 3 N–H and O–H groups in total. The third-order valence-electron chi connectivity index (χ3n) is 1.86. The van der Waals surface area contributed by atoms with Crippen LogP contribution in [-0.4, -0.2) is 9.97 Å². The van der Waals surface area contributed by atoms with Crippen LogP contribution in [0.15, 0.2) is 30.6 Å². The van der Waals surface area contributed by atoms with Crippen molar-refractivity contribution in [2.45, 2.75) is 0 Å². The minimum Gasteiger partial charge on any atom is -0.399 e. The summed E-state index contributed by atoms with van der Waals surface area (Å²) in [7, 11) is 0. The average Bonchev–Trinajstić information content (AvgIpc) is 2.27. The third-order valence-corrected chi connectivity index (χ3v) is 2.74. The molecule has 4 nitrogen and oxygen atoms in total. The van der Waals surface area contributed by atoms with Crippen LogP contribution in [0.3, 0.4) is 0 Å². The first-order chi connectivity index (χ1) is 7.65. The zero-order chi connectivity index (χ0) is 11.5. The number of aromatic nitrogens is 2. The topological polar surface area (TPSA) is 63.8 Å². The van der Waals surface area contributed by atoms with Crippen molar-refractivity contribution < 1.29 is 0 Å². The van der Waals surface area contributed by atoms with Crippen molar-refractivity contribution >= 4 is 51.5 Å². The Labute approximate surface area is 111 Å². The molecule has 16 heavy (non-hydrogen) atoms. The normalized spacial score (nSPS) is 10.1. The van der Waals surface area contributed by atoms with Crippen molar-refractivity contribution in [1.29, 1.82) is 0 Å². The second-order valence-corrected chi connectivity index (χ2v) is 4.74. The molecule has 0 atom stereocenters. The van der Waals surface area contributed by atoms with E-state index in [4.69, 9.17) is 17.3 Å². The summed E-state index contributed by atoms with van der Waals surface area (Å²) in [6.45, 7) is 0. The number of hydrogen-bond acceptors (Lipinski definition) is 4. The van der Waals surface area contributed by atoms with Gasteiger partial charge in [0.25, 0.3) is 0 Å². The van der Waals surface area contributed by atoms with Gasteiger partial charge in [0.15, 0.2) is 0 Å². The van der Waals surface area contributed by atoms with E-state index >= 15 is 0 Å². The second kappa shape index (κ2) is 4.84. The van der Waals surface area contributed by atoms with Crippen molar-refractivity contribution in [3.63, 3.8) is 0 Å². The molecule has 0 aliphatic rings. The highest BCUT2D eigenvalue weighted by Gasteiger charge is 2.02. The smallest absolute Gasteiger partial charge is 0.227 e. The molecule has 0 bridgehead atoms. The third kappa shape index (κ3) is 2.73. The Hall–Kier alpha value is -1.08. The van der Waals surface area contributed by atoms with Gasteiger partial charge < -0.3 is 11.1 Å². The van der Waals surface area contributed by atoms with Gasteiger partial charge in [-0.2, -0.15) is 0 Å². The van der Waals surface area contributed by atoms with E-state index in [0.29, 0.717) is 22.3 Å². The molecule has 82 valence electrons. The summed E-state index contributed by atoms with van der Waals surface area (Å²) in [5, 5.41) is 3.58. The summed E-state index contributed by atoms with van der Waals surface area (Å²) in [6, 6.07) is 5.21. The van der Waals surface area contributed by atoms with E-state index in [0.717, 1.165) is 3.57 Å². The summed E-state index contributed by atoms with van der Waals surface area (Å²) in [5.74, 6) is 0.493. The molecule has 0 fully saturated rings. The zero-order valence-corrected chi connectivity index (χ0v) is 11.0. The molecule has 0 spiro atoms. The quantitative estimate of drug-likeness (QED) is 0.648. The van der Waals surface area contributed by atoms with E-state index in [2.05, 4.69) is 37.9 Å². The summed E-state index contributed by atoms with van der Waals surface area (Å²) in [6.07, 6.45) is 3.44. The molecule has 2 rings (SSSR count). The van der Waals surface area contributed by atoms with Gasteiger partial charge in [0.2, 0.25) is 5.95 Å².